The molecule has 1 heterocycles. The predicted molar refractivity (Wildman–Crippen MR) is 50.3 cm³/mol. The molecule has 0 bridgehead atoms. The van der Waals surface area contributed by atoms with Gasteiger partial charge in [-0.15, -0.1) is 0 Å². The maximum absolute atomic E-state index is 10.8. The maximum atomic E-state index is 10.8. The van der Waals surface area contributed by atoms with Crippen molar-refractivity contribution in [2.24, 2.45) is 13.0 Å². The van der Waals surface area contributed by atoms with Gasteiger partial charge in [-0.25, -0.2) is 0 Å². The highest BCUT2D eigenvalue weighted by molar-refractivity contribution is 5.77. The number of hydrogen-bond donors (Lipinski definition) is 2. The van der Waals surface area contributed by atoms with E-state index in [2.05, 4.69) is 5.10 Å². The number of aromatic nitrogens is 2. The minimum atomic E-state index is -1.11. The third-order valence-corrected chi connectivity index (χ3v) is 2.01. The van der Waals surface area contributed by atoms with Crippen molar-refractivity contribution in [2.75, 3.05) is 0 Å². The molecule has 0 spiro atoms. The molecular formula is C9H12N2O4. The van der Waals surface area contributed by atoms with Crippen molar-refractivity contribution in [3.63, 3.8) is 0 Å². The molecule has 6 nitrogen and oxygen atoms in total. The van der Waals surface area contributed by atoms with Crippen LogP contribution in [-0.4, -0.2) is 31.9 Å². The Bertz CT molecular complexity index is 372. The molecule has 0 radical (unpaired) electrons. The number of carbonyl (C=O) groups is 2. The lowest BCUT2D eigenvalue weighted by atomic mass is 9.98. The van der Waals surface area contributed by atoms with Crippen molar-refractivity contribution in [2.45, 2.75) is 12.8 Å². The summed E-state index contributed by atoms with van der Waals surface area (Å²) in [6, 6.07) is 0. The van der Waals surface area contributed by atoms with Crippen LogP contribution in [0.5, 0.6) is 0 Å². The molecule has 6 heteroatoms. The number of carboxylic acids is 2. The number of carboxylic acid groups (broad SMARTS) is 2. The summed E-state index contributed by atoms with van der Waals surface area (Å²) in [6.45, 7) is 0. The fourth-order valence-corrected chi connectivity index (χ4v) is 1.32. The highest BCUT2D eigenvalue weighted by atomic mass is 16.4. The summed E-state index contributed by atoms with van der Waals surface area (Å²) in [5, 5.41) is 21.2. The molecule has 2 N–H and O–H groups in total. The van der Waals surface area contributed by atoms with Crippen molar-refractivity contribution in [1.82, 2.24) is 9.78 Å². The highest BCUT2D eigenvalue weighted by Crippen LogP contribution is 2.12. The van der Waals surface area contributed by atoms with E-state index in [1.807, 2.05) is 0 Å². The first kappa shape index (κ1) is 11.2. The van der Waals surface area contributed by atoms with Gasteiger partial charge in [-0.3, -0.25) is 14.3 Å². The lowest BCUT2D eigenvalue weighted by Gasteiger charge is -2.07. The molecule has 0 aliphatic carbocycles. The van der Waals surface area contributed by atoms with Crippen molar-refractivity contribution in [3.8, 4) is 0 Å². The molecule has 15 heavy (non-hydrogen) atoms. The number of hydrogen-bond acceptors (Lipinski definition) is 3. The smallest absolute Gasteiger partial charge is 0.307 e. The van der Waals surface area contributed by atoms with Gasteiger partial charge in [0, 0.05) is 13.2 Å². The van der Waals surface area contributed by atoms with E-state index in [0.29, 0.717) is 0 Å². The van der Waals surface area contributed by atoms with Gasteiger partial charge in [-0.1, -0.05) is 0 Å². The zero-order valence-electron chi connectivity index (χ0n) is 8.25. The zero-order valence-corrected chi connectivity index (χ0v) is 8.25. The van der Waals surface area contributed by atoms with Gasteiger partial charge in [0.2, 0.25) is 0 Å². The number of aryl methyl sites for hydroxylation is 1. The first-order valence-corrected chi connectivity index (χ1v) is 4.41. The molecule has 0 aliphatic rings. The molecule has 0 fully saturated rings. The van der Waals surface area contributed by atoms with Crippen LogP contribution in [0.4, 0.5) is 0 Å². The van der Waals surface area contributed by atoms with Gasteiger partial charge in [0.15, 0.2) is 0 Å². The second kappa shape index (κ2) is 4.59. The van der Waals surface area contributed by atoms with Gasteiger partial charge in [-0.2, -0.15) is 5.10 Å². The summed E-state index contributed by atoms with van der Waals surface area (Å²) in [6.07, 6.45) is 3.04. The van der Waals surface area contributed by atoms with Crippen LogP contribution in [-0.2, 0) is 23.1 Å². The number of aliphatic carboxylic acids is 2. The molecule has 0 aliphatic heterocycles. The van der Waals surface area contributed by atoms with Crippen LogP contribution in [0.25, 0.3) is 0 Å². The Kier molecular flexibility index (Phi) is 3.43. The Morgan fingerprint density at radius 1 is 1.53 bits per heavy atom. The molecule has 82 valence electrons. The monoisotopic (exact) mass is 212 g/mol. The standard InChI is InChI=1S/C9H12N2O4/c1-11-5-6(4-10-11)2-7(9(14)15)3-8(12)13/h4-5,7H,2-3H2,1H3,(H,12,13)(H,14,15). The van der Waals surface area contributed by atoms with E-state index in [-0.39, 0.29) is 12.8 Å². The van der Waals surface area contributed by atoms with Gasteiger partial charge in [0.25, 0.3) is 0 Å². The average Bonchev–Trinajstić information content (AvgIpc) is 2.49. The molecule has 0 saturated carbocycles. The van der Waals surface area contributed by atoms with E-state index in [1.54, 1.807) is 17.9 Å². The predicted octanol–water partition coefficient (Wildman–Crippen LogP) is 0.138. The quantitative estimate of drug-likeness (QED) is 0.724. The normalized spacial score (nSPS) is 12.3. The van der Waals surface area contributed by atoms with Crippen LogP contribution in [0.15, 0.2) is 12.4 Å². The molecule has 1 unspecified atom stereocenters. The summed E-state index contributed by atoms with van der Waals surface area (Å²) in [5.41, 5.74) is 0.728. The third-order valence-electron chi connectivity index (χ3n) is 2.01. The van der Waals surface area contributed by atoms with Crippen molar-refractivity contribution < 1.29 is 19.8 Å². The molecule has 0 amide bonds. The van der Waals surface area contributed by atoms with Crippen LogP contribution in [0.3, 0.4) is 0 Å². The van der Waals surface area contributed by atoms with Crippen molar-refractivity contribution in [1.29, 1.82) is 0 Å². The van der Waals surface area contributed by atoms with Gasteiger partial charge >= 0.3 is 11.9 Å². The Morgan fingerprint density at radius 2 is 2.20 bits per heavy atom. The van der Waals surface area contributed by atoms with Crippen LogP contribution in [0.1, 0.15) is 12.0 Å². The Labute approximate surface area is 86.1 Å². The third kappa shape index (κ3) is 3.41. The molecule has 1 aromatic rings. The largest absolute Gasteiger partial charge is 0.481 e. The Balaban J connectivity index is 2.66. The second-order valence-electron chi connectivity index (χ2n) is 3.36. The number of rotatable bonds is 5. The maximum Gasteiger partial charge on any atom is 0.307 e. The lowest BCUT2D eigenvalue weighted by molar-refractivity contribution is -0.148. The summed E-state index contributed by atoms with van der Waals surface area (Å²) in [4.78, 5) is 21.2. The van der Waals surface area contributed by atoms with E-state index >= 15 is 0 Å². The molecule has 0 saturated heterocycles. The van der Waals surface area contributed by atoms with Crippen molar-refractivity contribution in [3.05, 3.63) is 18.0 Å². The summed E-state index contributed by atoms with van der Waals surface area (Å²) in [7, 11) is 1.72. The molecule has 0 aromatic carbocycles. The summed E-state index contributed by atoms with van der Waals surface area (Å²) < 4.78 is 1.55. The Morgan fingerprint density at radius 3 is 2.60 bits per heavy atom. The first-order chi connectivity index (χ1) is 6.99. The molecule has 1 rings (SSSR count). The summed E-state index contributed by atoms with van der Waals surface area (Å²) >= 11 is 0. The highest BCUT2D eigenvalue weighted by Gasteiger charge is 2.21. The van der Waals surface area contributed by atoms with Gasteiger partial charge in [-0.05, 0) is 12.0 Å². The van der Waals surface area contributed by atoms with Crippen molar-refractivity contribution >= 4 is 11.9 Å². The minimum Gasteiger partial charge on any atom is -0.481 e. The van der Waals surface area contributed by atoms with Gasteiger partial charge < -0.3 is 10.2 Å². The summed E-state index contributed by atoms with van der Waals surface area (Å²) in [5.74, 6) is -3.10. The topological polar surface area (TPSA) is 92.4 Å². The van der Waals surface area contributed by atoms with E-state index in [9.17, 15) is 9.59 Å². The molecular weight excluding hydrogens is 200 g/mol. The van der Waals surface area contributed by atoms with Crippen LogP contribution in [0.2, 0.25) is 0 Å². The SMILES string of the molecule is Cn1cc(CC(CC(=O)O)C(=O)O)cn1. The van der Waals surface area contributed by atoms with E-state index in [1.165, 1.54) is 6.20 Å². The minimum absolute atomic E-state index is 0.190. The molecule has 1 aromatic heterocycles. The van der Waals surface area contributed by atoms with Crippen LogP contribution in [0, 0.1) is 5.92 Å². The van der Waals surface area contributed by atoms with Gasteiger partial charge in [0.1, 0.15) is 0 Å². The zero-order chi connectivity index (χ0) is 11.4. The van der Waals surface area contributed by atoms with E-state index in [4.69, 9.17) is 10.2 Å². The average molecular weight is 212 g/mol. The number of nitrogens with zero attached hydrogens (tertiary/aromatic N) is 2. The Hall–Kier alpha value is -1.85. The fourth-order valence-electron chi connectivity index (χ4n) is 1.32. The molecule has 1 atom stereocenters. The fraction of sp³-hybridized carbons (Fsp3) is 0.444. The first-order valence-electron chi connectivity index (χ1n) is 4.41. The van der Waals surface area contributed by atoms with E-state index in [0.717, 1.165) is 5.56 Å². The second-order valence-corrected chi connectivity index (χ2v) is 3.36. The van der Waals surface area contributed by atoms with Crippen LogP contribution >= 0.6 is 0 Å². The van der Waals surface area contributed by atoms with Gasteiger partial charge in [0.05, 0.1) is 18.5 Å². The van der Waals surface area contributed by atoms with E-state index < -0.39 is 17.9 Å². The van der Waals surface area contributed by atoms with Crippen LogP contribution < -0.4 is 0 Å². The lowest BCUT2D eigenvalue weighted by Crippen LogP contribution is -2.19.